The molecule has 0 bridgehead atoms. The van der Waals surface area contributed by atoms with Gasteiger partial charge in [-0.1, -0.05) is 0 Å². The summed E-state index contributed by atoms with van der Waals surface area (Å²) in [7, 11) is 0. The fraction of sp³-hybridized carbons (Fsp3) is 0.833. The molecule has 0 amide bonds. The minimum atomic E-state index is 0. The van der Waals surface area contributed by atoms with Crippen molar-refractivity contribution in [2.45, 2.75) is 18.5 Å². The topological polar surface area (TPSA) is 35.7 Å². The molecule has 0 aromatic rings. The van der Waals surface area contributed by atoms with Crippen molar-refractivity contribution in [1.82, 2.24) is 0 Å². The molecule has 2 heterocycles. The molecular weight excluding hydrogens is 302 g/mol. The van der Waals surface area contributed by atoms with Crippen LogP contribution in [-0.2, 0) is 25.2 Å². The third kappa shape index (κ3) is 1.39. The van der Waals surface area contributed by atoms with E-state index < -0.39 is 0 Å². The number of aliphatic imine (C=N–C) groups is 1. The molecule has 0 N–H and O–H groups in total. The van der Waals surface area contributed by atoms with Gasteiger partial charge in [-0.05, 0) is 18.5 Å². The van der Waals surface area contributed by atoms with Crippen molar-refractivity contribution in [1.29, 1.82) is 0 Å². The molecule has 1 radical (unpaired) electrons. The Labute approximate surface area is 73.9 Å². The molecule has 4 heteroatoms. The summed E-state index contributed by atoms with van der Waals surface area (Å²) in [6.45, 7) is 1.62. The van der Waals surface area contributed by atoms with Gasteiger partial charge >= 0.3 is 0 Å². The molecule has 10 heavy (non-hydrogen) atoms. The first-order valence-corrected chi connectivity index (χ1v) is 3.26. The molecule has 0 aromatic heterocycles. The van der Waals surface area contributed by atoms with E-state index in [9.17, 15) is 0 Å². The second-order valence-corrected chi connectivity index (χ2v) is 2.41. The summed E-state index contributed by atoms with van der Waals surface area (Å²) >= 11 is 0. The molecule has 57 valence electrons. The van der Waals surface area contributed by atoms with E-state index in [0.29, 0.717) is 12.1 Å². The van der Waals surface area contributed by atoms with E-state index in [1.807, 2.05) is 0 Å². The summed E-state index contributed by atoms with van der Waals surface area (Å²) in [6.07, 6.45) is 2.72. The molecule has 0 aliphatic carbocycles. The predicted octanol–water partition coefficient (Wildman–Crippen LogP) is 0.557. The largest absolute Gasteiger partial charge is 0.468 e. The molecule has 2 aliphatic rings. The normalized spacial score (nSPS) is 36.0. The second kappa shape index (κ2) is 3.47. The van der Waals surface area contributed by atoms with Crippen molar-refractivity contribution in [3.63, 3.8) is 0 Å². The minimum Gasteiger partial charge on any atom is -0.468 e. The summed E-state index contributed by atoms with van der Waals surface area (Å²) in [5.41, 5.74) is 0. The zero-order valence-corrected chi connectivity index (χ0v) is 8.25. The summed E-state index contributed by atoms with van der Waals surface area (Å²) in [4.78, 5) is 4.19. The minimum absolute atomic E-state index is 0. The number of nitrogens with zero attached hydrogens (tertiary/aromatic N) is 2. The predicted molar refractivity (Wildman–Crippen MR) is 34.9 cm³/mol. The Kier molecular flexibility index (Phi) is 2.85. The Balaban J connectivity index is 0.000000500. The van der Waals surface area contributed by atoms with Gasteiger partial charge in [0.05, 0.1) is 0 Å². The van der Waals surface area contributed by atoms with E-state index in [1.54, 1.807) is 6.34 Å². The molecule has 0 saturated carbocycles. The first-order chi connectivity index (χ1) is 4.47. The van der Waals surface area contributed by atoms with E-state index in [0.717, 1.165) is 19.6 Å². The van der Waals surface area contributed by atoms with Crippen LogP contribution in [0.25, 0.3) is 5.32 Å². The molecule has 1 fully saturated rings. The molecule has 2 unspecified atom stereocenters. The van der Waals surface area contributed by atoms with Gasteiger partial charge in [-0.3, -0.25) is 0 Å². The number of hydrogen-bond acceptors (Lipinski definition) is 2. The van der Waals surface area contributed by atoms with Crippen molar-refractivity contribution in [3.8, 4) is 0 Å². The Morgan fingerprint density at radius 3 is 3.30 bits per heavy atom. The monoisotopic (exact) mass is 312 g/mol. The van der Waals surface area contributed by atoms with Crippen LogP contribution in [0.4, 0.5) is 0 Å². The van der Waals surface area contributed by atoms with E-state index in [4.69, 9.17) is 4.74 Å². The zero-order chi connectivity index (χ0) is 6.10. The third-order valence-corrected chi connectivity index (χ3v) is 1.81. The summed E-state index contributed by atoms with van der Waals surface area (Å²) < 4.78 is 5.21. The van der Waals surface area contributed by atoms with Crippen LogP contribution in [-0.4, -0.2) is 31.6 Å². The van der Waals surface area contributed by atoms with Gasteiger partial charge < -0.3 is 15.0 Å². The Morgan fingerprint density at radius 2 is 2.50 bits per heavy atom. The molecule has 2 rings (SSSR count). The Morgan fingerprint density at radius 1 is 1.60 bits per heavy atom. The van der Waals surface area contributed by atoms with Crippen molar-refractivity contribution < 1.29 is 25.2 Å². The van der Waals surface area contributed by atoms with E-state index >= 15 is 0 Å². The van der Waals surface area contributed by atoms with Gasteiger partial charge in [0.15, 0.2) is 0 Å². The van der Waals surface area contributed by atoms with Crippen LogP contribution in [0, 0.1) is 0 Å². The standard InChI is InChI=1S/C6H9N2O.Re/c1-2-9-3-6-5(1)7-4-8-6;/h4-6H,1-3H2;/q-1;. The van der Waals surface area contributed by atoms with Gasteiger partial charge in [0.2, 0.25) is 0 Å². The zero-order valence-electron chi connectivity index (χ0n) is 5.53. The number of hydrogen-bond donors (Lipinski definition) is 0. The number of ether oxygens (including phenoxy) is 1. The van der Waals surface area contributed by atoms with Crippen molar-refractivity contribution in [3.05, 3.63) is 5.32 Å². The van der Waals surface area contributed by atoms with Crippen molar-refractivity contribution in [2.75, 3.05) is 13.2 Å². The van der Waals surface area contributed by atoms with E-state index in [2.05, 4.69) is 10.3 Å². The van der Waals surface area contributed by atoms with Crippen molar-refractivity contribution >= 4 is 6.34 Å². The van der Waals surface area contributed by atoms with Crippen LogP contribution < -0.4 is 0 Å². The van der Waals surface area contributed by atoms with Gasteiger partial charge in [-0.25, -0.2) is 0 Å². The van der Waals surface area contributed by atoms with Crippen LogP contribution >= 0.6 is 0 Å². The Hall–Kier alpha value is 0.0923. The van der Waals surface area contributed by atoms with Gasteiger partial charge in [0.25, 0.3) is 0 Å². The molecule has 1 saturated heterocycles. The van der Waals surface area contributed by atoms with E-state index in [-0.39, 0.29) is 20.4 Å². The number of rotatable bonds is 0. The molecule has 3 nitrogen and oxygen atoms in total. The van der Waals surface area contributed by atoms with E-state index in [1.165, 1.54) is 0 Å². The molecule has 0 spiro atoms. The second-order valence-electron chi connectivity index (χ2n) is 2.41. The smallest absolute Gasteiger partial charge is 0.0488 e. The van der Waals surface area contributed by atoms with Gasteiger partial charge in [0, 0.05) is 33.6 Å². The molecule has 0 aromatic carbocycles. The van der Waals surface area contributed by atoms with Crippen molar-refractivity contribution in [2.24, 2.45) is 4.99 Å². The molecule has 2 atom stereocenters. The maximum Gasteiger partial charge on any atom is 0.0488 e. The fourth-order valence-corrected chi connectivity index (χ4v) is 1.24. The average molecular weight is 311 g/mol. The van der Waals surface area contributed by atoms with Crippen LogP contribution in [0.5, 0.6) is 0 Å². The van der Waals surface area contributed by atoms with Gasteiger partial charge in [0.1, 0.15) is 0 Å². The Bertz CT molecular complexity index is 140. The third-order valence-electron chi connectivity index (χ3n) is 1.81. The van der Waals surface area contributed by atoms with Crippen LogP contribution in [0.1, 0.15) is 6.42 Å². The first kappa shape index (κ1) is 8.19. The molecular formula is C6H9N2ORe-. The van der Waals surface area contributed by atoms with Crippen LogP contribution in [0.3, 0.4) is 0 Å². The quantitative estimate of drug-likeness (QED) is 0.644. The van der Waals surface area contributed by atoms with Crippen LogP contribution in [0.2, 0.25) is 0 Å². The first-order valence-electron chi connectivity index (χ1n) is 3.26. The summed E-state index contributed by atoms with van der Waals surface area (Å²) in [5.74, 6) is 0. The van der Waals surface area contributed by atoms with Gasteiger partial charge in [-0.2, -0.15) is 0 Å². The van der Waals surface area contributed by atoms with Crippen LogP contribution in [0.15, 0.2) is 4.99 Å². The van der Waals surface area contributed by atoms with Gasteiger partial charge in [-0.15, -0.1) is 6.34 Å². The number of fused-ring (bicyclic) bond motifs is 1. The maximum absolute atomic E-state index is 5.21. The average Bonchev–Trinajstić information content (AvgIpc) is 2.33. The summed E-state index contributed by atoms with van der Waals surface area (Å²) in [5, 5.41) is 4.14. The summed E-state index contributed by atoms with van der Waals surface area (Å²) in [6, 6.07) is 0.789. The maximum atomic E-state index is 5.21. The SMILES string of the molecule is C1=NC2CCOCC2[N-]1.[Re]. The fourth-order valence-electron chi connectivity index (χ4n) is 1.24. The molecule has 2 aliphatic heterocycles.